The van der Waals surface area contributed by atoms with Crippen molar-refractivity contribution >= 4 is 11.5 Å². The van der Waals surface area contributed by atoms with E-state index in [1.54, 1.807) is 0 Å². The molecule has 0 saturated heterocycles. The predicted molar refractivity (Wildman–Crippen MR) is 69.8 cm³/mol. The molecule has 1 aliphatic rings. The number of nitrogens with zero attached hydrogens (tertiary/aromatic N) is 1. The average molecular weight is 235 g/mol. The van der Waals surface area contributed by atoms with Gasteiger partial charge in [0, 0.05) is 12.5 Å². The minimum Gasteiger partial charge on any atom is -0.397 e. The van der Waals surface area contributed by atoms with E-state index in [9.17, 15) is 5.11 Å². The van der Waals surface area contributed by atoms with Crippen molar-refractivity contribution in [2.24, 2.45) is 5.92 Å². The van der Waals surface area contributed by atoms with Gasteiger partial charge in [0.1, 0.15) is 5.82 Å². The van der Waals surface area contributed by atoms with Crippen molar-refractivity contribution in [3.8, 4) is 0 Å². The summed E-state index contributed by atoms with van der Waals surface area (Å²) in [6.45, 7) is 2.69. The molecule has 2 atom stereocenters. The van der Waals surface area contributed by atoms with Crippen molar-refractivity contribution in [2.75, 3.05) is 17.6 Å². The number of aliphatic hydroxyl groups excluding tert-OH is 1. The zero-order valence-corrected chi connectivity index (χ0v) is 10.3. The molecule has 0 bridgehead atoms. The molecule has 0 amide bonds. The first-order valence-corrected chi connectivity index (χ1v) is 6.32. The molecule has 1 aliphatic carbocycles. The van der Waals surface area contributed by atoms with Gasteiger partial charge in [-0.2, -0.15) is 0 Å². The largest absolute Gasteiger partial charge is 0.397 e. The van der Waals surface area contributed by atoms with Gasteiger partial charge in [0.15, 0.2) is 0 Å². The summed E-state index contributed by atoms with van der Waals surface area (Å²) in [6, 6.07) is 3.75. The molecule has 1 aromatic heterocycles. The molecule has 4 nitrogen and oxygen atoms in total. The molecule has 94 valence electrons. The first-order chi connectivity index (χ1) is 8.16. The van der Waals surface area contributed by atoms with Crippen molar-refractivity contribution in [2.45, 2.75) is 38.7 Å². The van der Waals surface area contributed by atoms with Crippen molar-refractivity contribution in [3.05, 3.63) is 17.8 Å². The molecule has 4 heteroatoms. The minimum atomic E-state index is -0.161. The topological polar surface area (TPSA) is 71.2 Å². The van der Waals surface area contributed by atoms with Crippen LogP contribution in [0.3, 0.4) is 0 Å². The van der Waals surface area contributed by atoms with Crippen LogP contribution in [-0.4, -0.2) is 22.7 Å². The number of aryl methyl sites for hydroxylation is 1. The molecule has 2 rings (SSSR count). The smallest absolute Gasteiger partial charge is 0.126 e. The number of aliphatic hydroxyl groups is 1. The normalized spacial score (nSPS) is 24.6. The Hall–Kier alpha value is -1.29. The second-order valence-electron chi connectivity index (χ2n) is 4.86. The fourth-order valence-corrected chi connectivity index (χ4v) is 2.33. The molecule has 4 N–H and O–H groups in total. The Morgan fingerprint density at radius 3 is 2.88 bits per heavy atom. The van der Waals surface area contributed by atoms with Gasteiger partial charge in [0.25, 0.3) is 0 Å². The van der Waals surface area contributed by atoms with Crippen LogP contribution in [-0.2, 0) is 0 Å². The maximum atomic E-state index is 9.87. The van der Waals surface area contributed by atoms with Gasteiger partial charge < -0.3 is 16.2 Å². The number of hydrogen-bond donors (Lipinski definition) is 3. The van der Waals surface area contributed by atoms with Gasteiger partial charge in [-0.05, 0) is 31.9 Å². The third-order valence-electron chi connectivity index (χ3n) is 3.54. The standard InChI is InChI=1S/C13H21N3O/c1-9-11(14)6-7-13(16-9)15-8-10-4-2-3-5-12(10)17/h6-7,10,12,17H,2-5,8,14H2,1H3,(H,15,16). The van der Waals surface area contributed by atoms with Gasteiger partial charge in [-0.15, -0.1) is 0 Å². The van der Waals surface area contributed by atoms with Gasteiger partial charge in [-0.3, -0.25) is 0 Å². The summed E-state index contributed by atoms with van der Waals surface area (Å²) in [5.74, 6) is 1.19. The van der Waals surface area contributed by atoms with E-state index in [1.807, 2.05) is 19.1 Å². The first-order valence-electron chi connectivity index (χ1n) is 6.32. The van der Waals surface area contributed by atoms with E-state index in [2.05, 4.69) is 10.3 Å². The van der Waals surface area contributed by atoms with E-state index in [0.29, 0.717) is 11.6 Å². The third kappa shape index (κ3) is 3.09. The van der Waals surface area contributed by atoms with Crippen LogP contribution >= 0.6 is 0 Å². The molecular weight excluding hydrogens is 214 g/mol. The van der Waals surface area contributed by atoms with Crippen LogP contribution in [0.1, 0.15) is 31.4 Å². The van der Waals surface area contributed by atoms with Gasteiger partial charge in [-0.1, -0.05) is 12.8 Å². The van der Waals surface area contributed by atoms with Crippen LogP contribution in [0, 0.1) is 12.8 Å². The monoisotopic (exact) mass is 235 g/mol. The van der Waals surface area contributed by atoms with Crippen molar-refractivity contribution in [1.29, 1.82) is 0 Å². The van der Waals surface area contributed by atoms with Gasteiger partial charge in [0.05, 0.1) is 17.5 Å². The highest BCUT2D eigenvalue weighted by Gasteiger charge is 2.22. The maximum Gasteiger partial charge on any atom is 0.126 e. The van der Waals surface area contributed by atoms with Crippen molar-refractivity contribution in [1.82, 2.24) is 4.98 Å². The zero-order valence-electron chi connectivity index (χ0n) is 10.3. The molecule has 17 heavy (non-hydrogen) atoms. The lowest BCUT2D eigenvalue weighted by Gasteiger charge is -2.27. The SMILES string of the molecule is Cc1nc(NCC2CCCCC2O)ccc1N. The summed E-state index contributed by atoms with van der Waals surface area (Å²) in [7, 11) is 0. The number of nitrogens with two attached hydrogens (primary N) is 1. The van der Waals surface area contributed by atoms with E-state index in [4.69, 9.17) is 5.73 Å². The molecule has 1 heterocycles. The minimum absolute atomic E-state index is 0.161. The Kier molecular flexibility index (Phi) is 3.84. The Morgan fingerprint density at radius 1 is 1.41 bits per heavy atom. The number of nitrogens with one attached hydrogen (secondary N) is 1. The lowest BCUT2D eigenvalue weighted by molar-refractivity contribution is 0.0763. The highest BCUT2D eigenvalue weighted by molar-refractivity contribution is 5.49. The van der Waals surface area contributed by atoms with Gasteiger partial charge in [-0.25, -0.2) is 4.98 Å². The summed E-state index contributed by atoms with van der Waals surface area (Å²) in [4.78, 5) is 4.36. The molecule has 0 aliphatic heterocycles. The fraction of sp³-hybridized carbons (Fsp3) is 0.615. The average Bonchev–Trinajstić information content (AvgIpc) is 2.32. The second kappa shape index (κ2) is 5.36. The van der Waals surface area contributed by atoms with Gasteiger partial charge >= 0.3 is 0 Å². The summed E-state index contributed by atoms with van der Waals surface area (Å²) in [6.07, 6.45) is 4.24. The van der Waals surface area contributed by atoms with Crippen LogP contribution in [0.25, 0.3) is 0 Å². The number of hydrogen-bond acceptors (Lipinski definition) is 4. The van der Waals surface area contributed by atoms with Crippen molar-refractivity contribution < 1.29 is 5.11 Å². The summed E-state index contributed by atoms with van der Waals surface area (Å²) in [5.41, 5.74) is 7.28. The van der Waals surface area contributed by atoms with Gasteiger partial charge in [0.2, 0.25) is 0 Å². The molecular formula is C13H21N3O. The predicted octanol–water partition coefficient (Wildman–Crippen LogP) is 1.94. The van der Waals surface area contributed by atoms with Crippen LogP contribution < -0.4 is 11.1 Å². The lowest BCUT2D eigenvalue weighted by atomic mass is 9.86. The van der Waals surface area contributed by atoms with E-state index >= 15 is 0 Å². The van der Waals surface area contributed by atoms with Crippen LogP contribution in [0.2, 0.25) is 0 Å². The van der Waals surface area contributed by atoms with E-state index in [-0.39, 0.29) is 6.10 Å². The summed E-state index contributed by atoms with van der Waals surface area (Å²) >= 11 is 0. The van der Waals surface area contributed by atoms with E-state index < -0.39 is 0 Å². The molecule has 1 saturated carbocycles. The Labute approximate surface area is 102 Å². The highest BCUT2D eigenvalue weighted by atomic mass is 16.3. The van der Waals surface area contributed by atoms with Crippen molar-refractivity contribution in [3.63, 3.8) is 0 Å². The number of nitrogen functional groups attached to an aromatic ring is 1. The molecule has 1 fully saturated rings. The van der Waals surface area contributed by atoms with E-state index in [0.717, 1.165) is 37.3 Å². The highest BCUT2D eigenvalue weighted by Crippen LogP contribution is 2.24. The number of anilines is 2. The maximum absolute atomic E-state index is 9.87. The number of aromatic nitrogens is 1. The molecule has 0 aromatic carbocycles. The Balaban J connectivity index is 1.90. The number of pyridine rings is 1. The zero-order chi connectivity index (χ0) is 12.3. The van der Waals surface area contributed by atoms with Crippen LogP contribution in [0.15, 0.2) is 12.1 Å². The number of rotatable bonds is 3. The molecule has 0 spiro atoms. The third-order valence-corrected chi connectivity index (χ3v) is 3.54. The first kappa shape index (κ1) is 12.2. The Bertz CT molecular complexity index is 381. The second-order valence-corrected chi connectivity index (χ2v) is 4.86. The summed E-state index contributed by atoms with van der Waals surface area (Å²) < 4.78 is 0. The van der Waals surface area contributed by atoms with Crippen LogP contribution in [0.4, 0.5) is 11.5 Å². The quantitative estimate of drug-likeness (QED) is 0.748. The van der Waals surface area contributed by atoms with Crippen LogP contribution in [0.5, 0.6) is 0 Å². The molecule has 1 aromatic rings. The molecule has 2 unspecified atom stereocenters. The summed E-state index contributed by atoms with van der Waals surface area (Å²) in [5, 5.41) is 13.2. The fourth-order valence-electron chi connectivity index (χ4n) is 2.33. The lowest BCUT2D eigenvalue weighted by Crippen LogP contribution is -2.30. The van der Waals surface area contributed by atoms with E-state index in [1.165, 1.54) is 6.42 Å². The molecule has 0 radical (unpaired) electrons. The Morgan fingerprint density at radius 2 is 2.18 bits per heavy atom.